The van der Waals surface area contributed by atoms with E-state index in [2.05, 4.69) is 34.8 Å². The molecule has 0 bridgehead atoms. The molecule has 2 heterocycles. The SMILES string of the molecule is CC1(C)OC(COc2ccc3c(c2)C(C)(C)c2[nH]c4cc(Br)ccc4c2C3=O)[C@@H](CO)O1. The highest BCUT2D eigenvalue weighted by molar-refractivity contribution is 9.10. The Morgan fingerprint density at radius 3 is 2.59 bits per heavy atom. The molecule has 1 aliphatic carbocycles. The van der Waals surface area contributed by atoms with Gasteiger partial charge in [-0.05, 0) is 49.7 Å². The minimum Gasteiger partial charge on any atom is -0.491 e. The number of hydrogen-bond acceptors (Lipinski definition) is 5. The van der Waals surface area contributed by atoms with E-state index in [0.29, 0.717) is 11.3 Å². The number of carbonyl (C=O) groups excluding carboxylic acids is 1. The van der Waals surface area contributed by atoms with Crippen molar-refractivity contribution in [2.45, 2.75) is 51.1 Å². The number of aliphatic hydroxyl groups is 1. The molecule has 6 nitrogen and oxygen atoms in total. The first-order valence-corrected chi connectivity index (χ1v) is 11.5. The summed E-state index contributed by atoms with van der Waals surface area (Å²) in [5.41, 5.74) is 3.78. The number of ether oxygens (including phenoxy) is 3. The van der Waals surface area contributed by atoms with Crippen LogP contribution in [0.3, 0.4) is 0 Å². The number of ketones is 1. The Morgan fingerprint density at radius 1 is 1.09 bits per heavy atom. The average Bonchev–Trinajstić information content (AvgIpc) is 3.27. The fraction of sp³-hybridized carbons (Fsp3) is 0.400. The smallest absolute Gasteiger partial charge is 0.195 e. The lowest BCUT2D eigenvalue weighted by atomic mass is 9.71. The fourth-order valence-electron chi connectivity index (χ4n) is 4.86. The molecule has 3 aromatic rings. The van der Waals surface area contributed by atoms with Crippen LogP contribution in [0.2, 0.25) is 0 Å². The lowest BCUT2D eigenvalue weighted by Gasteiger charge is -2.32. The number of benzene rings is 2. The van der Waals surface area contributed by atoms with Gasteiger partial charge in [-0.3, -0.25) is 4.79 Å². The van der Waals surface area contributed by atoms with Gasteiger partial charge in [0.2, 0.25) is 0 Å². The van der Waals surface area contributed by atoms with E-state index in [9.17, 15) is 9.90 Å². The summed E-state index contributed by atoms with van der Waals surface area (Å²) in [6.07, 6.45) is -0.812. The molecule has 0 saturated carbocycles. The number of aliphatic hydroxyl groups excluding tert-OH is 1. The van der Waals surface area contributed by atoms with Crippen molar-refractivity contribution in [2.24, 2.45) is 0 Å². The number of H-pyrrole nitrogens is 1. The van der Waals surface area contributed by atoms with Crippen LogP contribution >= 0.6 is 15.9 Å². The molecule has 0 amide bonds. The minimum absolute atomic E-state index is 0.0177. The standard InChI is InChI=1S/C25H26BrNO5/c1-24(2)17-10-14(30-12-20-19(11-28)31-25(3,4)32-20)6-8-15(17)22(29)21-16-7-5-13(26)9-18(16)27-23(21)24/h5-10,19-20,27-28H,11-12H2,1-4H3/t19-,20?/m1/s1. The van der Waals surface area contributed by atoms with Gasteiger partial charge in [-0.25, -0.2) is 0 Å². The second-order valence-electron chi connectivity index (χ2n) is 9.43. The second-order valence-corrected chi connectivity index (χ2v) is 10.3. The van der Waals surface area contributed by atoms with Gasteiger partial charge in [0.15, 0.2) is 11.6 Å². The monoisotopic (exact) mass is 499 g/mol. The van der Waals surface area contributed by atoms with Gasteiger partial charge in [-0.15, -0.1) is 0 Å². The summed E-state index contributed by atoms with van der Waals surface area (Å²) in [5.74, 6) is -0.0897. The van der Waals surface area contributed by atoms with E-state index in [0.717, 1.165) is 32.2 Å². The zero-order chi connectivity index (χ0) is 22.8. The molecule has 5 rings (SSSR count). The average molecular weight is 500 g/mol. The van der Waals surface area contributed by atoms with E-state index in [-0.39, 0.29) is 25.1 Å². The molecule has 2 N–H and O–H groups in total. The molecule has 1 fully saturated rings. The molecule has 1 unspecified atom stereocenters. The van der Waals surface area contributed by atoms with Crippen LogP contribution in [0.4, 0.5) is 0 Å². The van der Waals surface area contributed by atoms with Crippen LogP contribution in [0.1, 0.15) is 54.9 Å². The Balaban J connectivity index is 1.47. The van der Waals surface area contributed by atoms with Crippen LogP contribution in [0, 0.1) is 0 Å². The Hall–Kier alpha value is -2.19. The van der Waals surface area contributed by atoms with E-state index in [1.807, 2.05) is 50.2 Å². The summed E-state index contributed by atoms with van der Waals surface area (Å²) in [7, 11) is 0. The van der Waals surface area contributed by atoms with Gasteiger partial charge in [0, 0.05) is 32.0 Å². The molecule has 2 atom stereocenters. The zero-order valence-corrected chi connectivity index (χ0v) is 20.1. The predicted molar refractivity (Wildman–Crippen MR) is 124 cm³/mol. The van der Waals surface area contributed by atoms with Gasteiger partial charge in [0.05, 0.1) is 12.2 Å². The summed E-state index contributed by atoms with van der Waals surface area (Å²) in [4.78, 5) is 16.9. The predicted octanol–water partition coefficient (Wildman–Crippen LogP) is 4.69. The summed E-state index contributed by atoms with van der Waals surface area (Å²) < 4.78 is 18.6. The fourth-order valence-corrected chi connectivity index (χ4v) is 5.22. The number of nitrogens with one attached hydrogen (secondary N) is 1. The van der Waals surface area contributed by atoms with Crippen molar-refractivity contribution in [1.29, 1.82) is 0 Å². The van der Waals surface area contributed by atoms with Gasteiger partial charge < -0.3 is 24.3 Å². The van der Waals surface area contributed by atoms with Crippen LogP contribution in [-0.2, 0) is 14.9 Å². The van der Waals surface area contributed by atoms with E-state index in [1.54, 1.807) is 0 Å². The van der Waals surface area contributed by atoms with Crippen molar-refractivity contribution in [2.75, 3.05) is 13.2 Å². The molecule has 0 spiro atoms. The molecule has 2 aliphatic rings. The van der Waals surface area contributed by atoms with E-state index in [1.165, 1.54) is 0 Å². The quantitative estimate of drug-likeness (QED) is 0.544. The lowest BCUT2D eigenvalue weighted by Crippen LogP contribution is -2.32. The first-order chi connectivity index (χ1) is 15.1. The lowest BCUT2D eigenvalue weighted by molar-refractivity contribution is -0.150. The number of rotatable bonds is 4. The van der Waals surface area contributed by atoms with Gasteiger partial charge in [-0.1, -0.05) is 35.8 Å². The maximum absolute atomic E-state index is 13.5. The van der Waals surface area contributed by atoms with Crippen LogP contribution < -0.4 is 4.74 Å². The summed E-state index contributed by atoms with van der Waals surface area (Å²) in [6, 6.07) is 11.5. The Labute approximate surface area is 195 Å². The third kappa shape index (κ3) is 3.39. The Kier molecular flexibility index (Phi) is 5.02. The topological polar surface area (TPSA) is 80.8 Å². The molecule has 2 aromatic carbocycles. The van der Waals surface area contributed by atoms with Gasteiger partial charge in [-0.2, -0.15) is 0 Å². The number of carbonyl (C=O) groups is 1. The van der Waals surface area contributed by atoms with Crippen molar-refractivity contribution in [1.82, 2.24) is 4.98 Å². The highest BCUT2D eigenvalue weighted by atomic mass is 79.9. The van der Waals surface area contributed by atoms with Crippen molar-refractivity contribution >= 4 is 32.6 Å². The molecule has 32 heavy (non-hydrogen) atoms. The van der Waals surface area contributed by atoms with E-state index < -0.39 is 17.3 Å². The maximum Gasteiger partial charge on any atom is 0.195 e. The first kappa shape index (κ1) is 21.6. The molecular weight excluding hydrogens is 474 g/mol. The molecule has 1 aliphatic heterocycles. The van der Waals surface area contributed by atoms with Crippen LogP contribution in [-0.4, -0.2) is 47.1 Å². The molecule has 7 heteroatoms. The van der Waals surface area contributed by atoms with Crippen molar-refractivity contribution in [3.05, 3.63) is 63.3 Å². The van der Waals surface area contributed by atoms with Crippen LogP contribution in [0.5, 0.6) is 5.75 Å². The highest BCUT2D eigenvalue weighted by Gasteiger charge is 2.42. The van der Waals surface area contributed by atoms with Crippen LogP contribution in [0.25, 0.3) is 10.9 Å². The van der Waals surface area contributed by atoms with Gasteiger partial charge >= 0.3 is 0 Å². The third-order valence-corrected chi connectivity index (χ3v) is 6.89. The molecule has 0 radical (unpaired) electrons. The maximum atomic E-state index is 13.5. The van der Waals surface area contributed by atoms with Crippen molar-refractivity contribution in [3.63, 3.8) is 0 Å². The van der Waals surface area contributed by atoms with E-state index in [4.69, 9.17) is 14.2 Å². The van der Waals surface area contributed by atoms with Gasteiger partial charge in [0.25, 0.3) is 0 Å². The first-order valence-electron chi connectivity index (χ1n) is 10.7. The molecule has 168 valence electrons. The second kappa shape index (κ2) is 7.42. The number of hydrogen-bond donors (Lipinski definition) is 2. The molecule has 1 saturated heterocycles. The Bertz CT molecular complexity index is 1230. The number of fused-ring (bicyclic) bond motifs is 4. The van der Waals surface area contributed by atoms with Crippen LogP contribution in [0.15, 0.2) is 40.9 Å². The normalized spacial score (nSPS) is 23.2. The number of aromatic nitrogens is 1. The Morgan fingerprint density at radius 2 is 1.84 bits per heavy atom. The molecule has 1 aromatic heterocycles. The third-order valence-electron chi connectivity index (χ3n) is 6.40. The summed E-state index contributed by atoms with van der Waals surface area (Å²) >= 11 is 3.51. The summed E-state index contributed by atoms with van der Waals surface area (Å²) in [5, 5.41) is 10.5. The largest absolute Gasteiger partial charge is 0.491 e. The van der Waals surface area contributed by atoms with Gasteiger partial charge in [0.1, 0.15) is 24.6 Å². The van der Waals surface area contributed by atoms with Crippen molar-refractivity contribution in [3.8, 4) is 5.75 Å². The zero-order valence-electron chi connectivity index (χ0n) is 18.5. The number of aromatic amines is 1. The molecular formula is C25H26BrNO5. The minimum atomic E-state index is -0.757. The summed E-state index contributed by atoms with van der Waals surface area (Å²) in [6.45, 7) is 7.97. The number of halogens is 1. The van der Waals surface area contributed by atoms with E-state index >= 15 is 0 Å². The van der Waals surface area contributed by atoms with Crippen molar-refractivity contribution < 1.29 is 24.1 Å². The highest BCUT2D eigenvalue weighted by Crippen LogP contribution is 2.45.